The third kappa shape index (κ3) is 3.79. The second kappa shape index (κ2) is 6.53. The normalized spacial score (nSPS) is 13.2. The summed E-state index contributed by atoms with van der Waals surface area (Å²) >= 11 is 6.75. The van der Waals surface area contributed by atoms with Gasteiger partial charge in [-0.2, -0.15) is 0 Å². The second-order valence-corrected chi connectivity index (χ2v) is 6.62. The van der Waals surface area contributed by atoms with E-state index in [-0.39, 0.29) is 16.9 Å². The van der Waals surface area contributed by atoms with Gasteiger partial charge >= 0.3 is 0 Å². The van der Waals surface area contributed by atoms with Crippen LogP contribution in [0.4, 0.5) is 0 Å². The van der Waals surface area contributed by atoms with E-state index in [1.807, 2.05) is 32.0 Å². The molecule has 0 aromatic heterocycles. The Bertz CT molecular complexity index is 558. The number of benzene rings is 2. The average molecular weight is 303 g/mol. The first-order valence-corrected chi connectivity index (χ1v) is 7.81. The van der Waals surface area contributed by atoms with Crippen molar-refractivity contribution in [3.8, 4) is 5.75 Å². The number of halogens is 1. The molecule has 1 nitrogen and oxygen atoms in total. The molecule has 2 aromatic rings. The number of rotatable bonds is 5. The molecule has 0 fully saturated rings. The summed E-state index contributed by atoms with van der Waals surface area (Å²) in [6.45, 7) is 8.41. The van der Waals surface area contributed by atoms with Gasteiger partial charge in [0.05, 0.1) is 11.5 Å². The Balaban J connectivity index is 2.21. The zero-order valence-electron chi connectivity index (χ0n) is 13.1. The first kappa shape index (κ1) is 15.9. The fourth-order valence-corrected chi connectivity index (χ4v) is 2.69. The number of ether oxygens (including phenoxy) is 1. The van der Waals surface area contributed by atoms with Gasteiger partial charge in [0.1, 0.15) is 5.75 Å². The Kier molecular flexibility index (Phi) is 4.95. The summed E-state index contributed by atoms with van der Waals surface area (Å²) in [6, 6.07) is 18.5. The van der Waals surface area contributed by atoms with Crippen LogP contribution in [0.1, 0.15) is 44.2 Å². The first-order valence-electron chi connectivity index (χ1n) is 7.37. The highest BCUT2D eigenvalue weighted by Crippen LogP contribution is 2.41. The molecule has 2 rings (SSSR count). The van der Waals surface area contributed by atoms with Crippen LogP contribution in [0.25, 0.3) is 0 Å². The smallest absolute Gasteiger partial charge is 0.119 e. The predicted octanol–water partition coefficient (Wildman–Crippen LogP) is 5.73. The van der Waals surface area contributed by atoms with Crippen LogP contribution in [0.15, 0.2) is 54.6 Å². The summed E-state index contributed by atoms with van der Waals surface area (Å²) in [5.74, 6) is 0.884. The van der Waals surface area contributed by atoms with Gasteiger partial charge in [0, 0.05) is 5.41 Å². The lowest BCUT2D eigenvalue weighted by molar-refractivity contribution is 0.242. The van der Waals surface area contributed by atoms with E-state index in [2.05, 4.69) is 50.2 Å². The number of hydrogen-bond acceptors (Lipinski definition) is 1. The maximum absolute atomic E-state index is 6.75. The Labute approximate surface area is 132 Å². The minimum absolute atomic E-state index is 0.0898. The van der Waals surface area contributed by atoms with Crippen LogP contribution in [0, 0.1) is 0 Å². The van der Waals surface area contributed by atoms with E-state index in [9.17, 15) is 0 Å². The van der Waals surface area contributed by atoms with Crippen LogP contribution in [0.3, 0.4) is 0 Å². The molecular formula is C19H23ClO. The van der Waals surface area contributed by atoms with Crippen molar-refractivity contribution in [1.82, 2.24) is 0 Å². The van der Waals surface area contributed by atoms with Crippen molar-refractivity contribution >= 4 is 11.6 Å². The minimum Gasteiger partial charge on any atom is -0.491 e. The molecule has 1 atom stereocenters. The summed E-state index contributed by atoms with van der Waals surface area (Å²) in [4.78, 5) is 0. The van der Waals surface area contributed by atoms with E-state index in [1.165, 1.54) is 5.56 Å². The summed E-state index contributed by atoms with van der Waals surface area (Å²) in [5.41, 5.74) is 2.22. The molecule has 0 saturated carbocycles. The Morgan fingerprint density at radius 2 is 1.48 bits per heavy atom. The van der Waals surface area contributed by atoms with Crippen LogP contribution >= 0.6 is 11.6 Å². The molecule has 0 amide bonds. The summed E-state index contributed by atoms with van der Waals surface area (Å²) in [5, 5.41) is -0.0898. The van der Waals surface area contributed by atoms with E-state index in [4.69, 9.17) is 16.3 Å². The third-order valence-electron chi connectivity index (χ3n) is 3.70. The van der Waals surface area contributed by atoms with Gasteiger partial charge in [0.15, 0.2) is 0 Å². The molecule has 0 aliphatic carbocycles. The SMILES string of the molecule is CC(C)Oc1ccc(C(Cl)C(C)(C)c2ccccc2)cc1. The van der Waals surface area contributed by atoms with Crippen molar-refractivity contribution in [2.45, 2.75) is 44.6 Å². The summed E-state index contributed by atoms with van der Waals surface area (Å²) in [6.07, 6.45) is 0.184. The van der Waals surface area contributed by atoms with Crippen LogP contribution in [0.5, 0.6) is 5.75 Å². The fourth-order valence-electron chi connectivity index (χ4n) is 2.42. The molecule has 0 N–H and O–H groups in total. The lowest BCUT2D eigenvalue weighted by Gasteiger charge is -2.31. The van der Waals surface area contributed by atoms with Crippen LogP contribution in [-0.4, -0.2) is 6.10 Å². The van der Waals surface area contributed by atoms with Gasteiger partial charge in [-0.15, -0.1) is 11.6 Å². The summed E-state index contributed by atoms with van der Waals surface area (Å²) < 4.78 is 5.68. The molecule has 21 heavy (non-hydrogen) atoms. The molecule has 0 saturated heterocycles. The van der Waals surface area contributed by atoms with Crippen LogP contribution in [-0.2, 0) is 5.41 Å². The van der Waals surface area contributed by atoms with Crippen LogP contribution in [0.2, 0.25) is 0 Å². The highest BCUT2D eigenvalue weighted by atomic mass is 35.5. The fraction of sp³-hybridized carbons (Fsp3) is 0.368. The van der Waals surface area contributed by atoms with Gasteiger partial charge in [-0.25, -0.2) is 0 Å². The zero-order valence-corrected chi connectivity index (χ0v) is 13.9. The zero-order chi connectivity index (χ0) is 15.5. The molecule has 112 valence electrons. The van der Waals surface area contributed by atoms with Gasteiger partial charge in [-0.3, -0.25) is 0 Å². The highest BCUT2D eigenvalue weighted by Gasteiger charge is 2.30. The molecule has 0 aliphatic rings. The Morgan fingerprint density at radius 1 is 0.905 bits per heavy atom. The summed E-state index contributed by atoms with van der Waals surface area (Å²) in [7, 11) is 0. The first-order chi connectivity index (χ1) is 9.91. The lowest BCUT2D eigenvalue weighted by Crippen LogP contribution is -2.23. The molecule has 0 radical (unpaired) electrons. The standard InChI is InChI=1S/C19H23ClO/c1-14(2)21-17-12-10-15(11-13-17)18(20)19(3,4)16-8-6-5-7-9-16/h5-14,18H,1-4H3. The molecule has 2 heteroatoms. The van der Waals surface area contributed by atoms with Crippen molar-refractivity contribution in [3.05, 3.63) is 65.7 Å². The van der Waals surface area contributed by atoms with Crippen molar-refractivity contribution < 1.29 is 4.74 Å². The topological polar surface area (TPSA) is 9.23 Å². The molecule has 0 spiro atoms. The average Bonchev–Trinajstić information content (AvgIpc) is 2.47. The van der Waals surface area contributed by atoms with E-state index in [1.54, 1.807) is 0 Å². The maximum atomic E-state index is 6.75. The highest BCUT2D eigenvalue weighted by molar-refractivity contribution is 6.21. The Morgan fingerprint density at radius 3 is 2.00 bits per heavy atom. The van der Waals surface area contributed by atoms with Gasteiger partial charge < -0.3 is 4.74 Å². The molecule has 0 aliphatic heterocycles. The van der Waals surface area contributed by atoms with Crippen LogP contribution < -0.4 is 4.74 Å². The van der Waals surface area contributed by atoms with Gasteiger partial charge in [-0.1, -0.05) is 56.3 Å². The van der Waals surface area contributed by atoms with E-state index < -0.39 is 0 Å². The van der Waals surface area contributed by atoms with Crippen molar-refractivity contribution in [1.29, 1.82) is 0 Å². The van der Waals surface area contributed by atoms with Gasteiger partial charge in [-0.05, 0) is 37.1 Å². The largest absolute Gasteiger partial charge is 0.491 e. The van der Waals surface area contributed by atoms with Gasteiger partial charge in [0.2, 0.25) is 0 Å². The molecule has 1 unspecified atom stereocenters. The third-order valence-corrected chi connectivity index (χ3v) is 4.49. The minimum atomic E-state index is -0.136. The monoisotopic (exact) mass is 302 g/mol. The quantitative estimate of drug-likeness (QED) is 0.641. The number of hydrogen-bond donors (Lipinski definition) is 0. The second-order valence-electron chi connectivity index (χ2n) is 6.19. The van der Waals surface area contributed by atoms with E-state index in [0.717, 1.165) is 11.3 Å². The molecular weight excluding hydrogens is 280 g/mol. The predicted molar refractivity (Wildman–Crippen MR) is 90.3 cm³/mol. The molecule has 0 heterocycles. The van der Waals surface area contributed by atoms with Crippen molar-refractivity contribution in [3.63, 3.8) is 0 Å². The number of alkyl halides is 1. The van der Waals surface area contributed by atoms with Gasteiger partial charge in [0.25, 0.3) is 0 Å². The van der Waals surface area contributed by atoms with Crippen molar-refractivity contribution in [2.24, 2.45) is 0 Å². The lowest BCUT2D eigenvalue weighted by atomic mass is 9.79. The van der Waals surface area contributed by atoms with E-state index in [0.29, 0.717) is 0 Å². The molecule has 0 bridgehead atoms. The Hall–Kier alpha value is -1.47. The van der Waals surface area contributed by atoms with Crippen molar-refractivity contribution in [2.75, 3.05) is 0 Å². The maximum Gasteiger partial charge on any atom is 0.119 e. The molecule has 2 aromatic carbocycles. The van der Waals surface area contributed by atoms with E-state index >= 15 is 0 Å².